The van der Waals surface area contributed by atoms with Gasteiger partial charge in [0.2, 0.25) is 0 Å². The zero-order valence-electron chi connectivity index (χ0n) is 10.1. The second-order valence-corrected chi connectivity index (χ2v) is 4.07. The second-order valence-electron chi connectivity index (χ2n) is 4.07. The number of benzene rings is 1. The van der Waals surface area contributed by atoms with E-state index in [1.165, 1.54) is 11.1 Å². The van der Waals surface area contributed by atoms with Gasteiger partial charge in [0.1, 0.15) is 11.4 Å². The second kappa shape index (κ2) is 4.44. The molecule has 1 aromatic rings. The fraction of sp³-hybridized carbons (Fsp3) is 0.538. The number of ether oxygens (including phenoxy) is 3. The van der Waals surface area contributed by atoms with Crippen LogP contribution in [-0.2, 0) is 21.5 Å². The smallest absolute Gasteiger partial charge is 0.139 e. The predicted octanol–water partition coefficient (Wildman–Crippen LogP) is 2.13. The minimum absolute atomic E-state index is 0.240. The van der Waals surface area contributed by atoms with Gasteiger partial charge in [-0.3, -0.25) is 0 Å². The van der Waals surface area contributed by atoms with Crippen LogP contribution in [0.2, 0.25) is 0 Å². The molecule has 1 fully saturated rings. The van der Waals surface area contributed by atoms with Crippen molar-refractivity contribution in [2.75, 3.05) is 27.4 Å². The number of rotatable bonds is 4. The van der Waals surface area contributed by atoms with Gasteiger partial charge in [-0.15, -0.1) is 0 Å². The highest BCUT2D eigenvalue weighted by atomic mass is 16.6. The first-order valence-corrected chi connectivity index (χ1v) is 5.56. The molecule has 0 atom stereocenters. The molecule has 2 rings (SSSR count). The van der Waals surface area contributed by atoms with Crippen LogP contribution >= 0.6 is 0 Å². The van der Waals surface area contributed by atoms with E-state index >= 15 is 0 Å². The molecule has 0 N–H and O–H groups in total. The lowest BCUT2D eigenvalue weighted by molar-refractivity contribution is -0.202. The quantitative estimate of drug-likeness (QED) is 0.781. The zero-order chi connectivity index (χ0) is 11.6. The Kier molecular flexibility index (Phi) is 3.17. The van der Waals surface area contributed by atoms with E-state index in [-0.39, 0.29) is 5.60 Å². The van der Waals surface area contributed by atoms with E-state index in [2.05, 4.69) is 19.1 Å². The molecule has 0 radical (unpaired) electrons. The monoisotopic (exact) mass is 222 g/mol. The first-order valence-electron chi connectivity index (χ1n) is 5.56. The van der Waals surface area contributed by atoms with Crippen LogP contribution in [-0.4, -0.2) is 27.4 Å². The Morgan fingerprint density at radius 2 is 2.06 bits per heavy atom. The summed E-state index contributed by atoms with van der Waals surface area (Å²) in [5, 5.41) is 0. The Balaban J connectivity index is 2.35. The first-order chi connectivity index (χ1) is 7.75. The van der Waals surface area contributed by atoms with Gasteiger partial charge in [0, 0.05) is 7.11 Å². The molecule has 1 heterocycles. The molecule has 1 aromatic carbocycles. The van der Waals surface area contributed by atoms with Gasteiger partial charge in [-0.25, -0.2) is 0 Å². The maximum Gasteiger partial charge on any atom is 0.139 e. The van der Waals surface area contributed by atoms with Crippen molar-refractivity contribution in [3.05, 3.63) is 29.3 Å². The zero-order valence-corrected chi connectivity index (χ0v) is 10.1. The summed E-state index contributed by atoms with van der Waals surface area (Å²) < 4.78 is 16.1. The summed E-state index contributed by atoms with van der Waals surface area (Å²) in [4.78, 5) is 0. The lowest BCUT2D eigenvalue weighted by atomic mass is 9.90. The largest absolute Gasteiger partial charge is 0.496 e. The molecule has 3 nitrogen and oxygen atoms in total. The third-order valence-electron chi connectivity index (χ3n) is 3.25. The van der Waals surface area contributed by atoms with Gasteiger partial charge in [0.05, 0.1) is 20.3 Å². The molecule has 0 saturated carbocycles. The van der Waals surface area contributed by atoms with Crippen LogP contribution < -0.4 is 4.74 Å². The first kappa shape index (κ1) is 11.4. The van der Waals surface area contributed by atoms with E-state index in [1.807, 2.05) is 6.07 Å². The molecular formula is C13H18O3. The summed E-state index contributed by atoms with van der Waals surface area (Å²) in [5.41, 5.74) is 2.15. The lowest BCUT2D eigenvalue weighted by Gasteiger charge is -2.40. The molecule has 1 aliphatic rings. The van der Waals surface area contributed by atoms with Gasteiger partial charge >= 0.3 is 0 Å². The summed E-state index contributed by atoms with van der Waals surface area (Å²) in [6, 6.07) is 6.22. The van der Waals surface area contributed by atoms with Crippen molar-refractivity contribution in [2.24, 2.45) is 0 Å². The van der Waals surface area contributed by atoms with Crippen LogP contribution in [0, 0.1) is 0 Å². The molecule has 1 saturated heterocycles. The SMILES string of the molecule is CCc1cc(C2(OC)COC2)ccc1OC. The Bertz CT molecular complexity index is 364. The van der Waals surface area contributed by atoms with Crippen molar-refractivity contribution in [1.29, 1.82) is 0 Å². The summed E-state index contributed by atoms with van der Waals surface area (Å²) in [5.74, 6) is 0.942. The van der Waals surface area contributed by atoms with Crippen molar-refractivity contribution in [2.45, 2.75) is 18.9 Å². The Morgan fingerprint density at radius 3 is 2.50 bits per heavy atom. The van der Waals surface area contributed by atoms with Crippen LogP contribution in [0.25, 0.3) is 0 Å². The number of methoxy groups -OCH3 is 2. The van der Waals surface area contributed by atoms with Crippen LogP contribution in [0.1, 0.15) is 18.1 Å². The van der Waals surface area contributed by atoms with Crippen LogP contribution in [0.5, 0.6) is 5.75 Å². The highest BCUT2D eigenvalue weighted by Gasteiger charge is 2.40. The van der Waals surface area contributed by atoms with E-state index in [4.69, 9.17) is 14.2 Å². The maximum atomic E-state index is 5.57. The standard InChI is InChI=1S/C13H18O3/c1-4-10-7-11(5-6-12(10)14-2)13(15-3)8-16-9-13/h5-7H,4,8-9H2,1-3H3. The van der Waals surface area contributed by atoms with Crippen LogP contribution in [0.15, 0.2) is 18.2 Å². The highest BCUT2D eigenvalue weighted by Crippen LogP contribution is 2.35. The minimum atomic E-state index is -0.240. The molecular weight excluding hydrogens is 204 g/mol. The molecule has 0 aliphatic carbocycles. The van der Waals surface area contributed by atoms with Crippen molar-refractivity contribution >= 4 is 0 Å². The summed E-state index contributed by atoms with van der Waals surface area (Å²) in [7, 11) is 3.44. The highest BCUT2D eigenvalue weighted by molar-refractivity contribution is 5.40. The number of hydrogen-bond acceptors (Lipinski definition) is 3. The van der Waals surface area contributed by atoms with E-state index in [0.29, 0.717) is 13.2 Å². The molecule has 16 heavy (non-hydrogen) atoms. The molecule has 3 heteroatoms. The van der Waals surface area contributed by atoms with E-state index in [1.54, 1.807) is 14.2 Å². The van der Waals surface area contributed by atoms with Crippen molar-refractivity contribution in [1.82, 2.24) is 0 Å². The minimum Gasteiger partial charge on any atom is -0.496 e. The van der Waals surface area contributed by atoms with Gasteiger partial charge in [-0.05, 0) is 29.7 Å². The van der Waals surface area contributed by atoms with E-state index in [9.17, 15) is 0 Å². The third-order valence-corrected chi connectivity index (χ3v) is 3.25. The molecule has 0 unspecified atom stereocenters. The lowest BCUT2D eigenvalue weighted by Crippen LogP contribution is -2.48. The Morgan fingerprint density at radius 1 is 1.31 bits per heavy atom. The average molecular weight is 222 g/mol. The van der Waals surface area contributed by atoms with Crippen molar-refractivity contribution in [3.8, 4) is 5.75 Å². The summed E-state index contributed by atoms with van der Waals surface area (Å²) in [6.07, 6.45) is 0.956. The van der Waals surface area contributed by atoms with Gasteiger partial charge in [-0.1, -0.05) is 13.0 Å². The fourth-order valence-electron chi connectivity index (χ4n) is 2.03. The molecule has 88 valence electrons. The van der Waals surface area contributed by atoms with E-state index < -0.39 is 0 Å². The maximum absolute atomic E-state index is 5.57. The summed E-state index contributed by atoms with van der Waals surface area (Å²) >= 11 is 0. The number of aryl methyl sites for hydroxylation is 1. The molecule has 0 aromatic heterocycles. The van der Waals surface area contributed by atoms with Gasteiger partial charge in [0.15, 0.2) is 0 Å². The Labute approximate surface area is 96.3 Å². The van der Waals surface area contributed by atoms with Crippen molar-refractivity contribution < 1.29 is 14.2 Å². The third kappa shape index (κ3) is 1.70. The van der Waals surface area contributed by atoms with Gasteiger partial charge in [0.25, 0.3) is 0 Å². The topological polar surface area (TPSA) is 27.7 Å². The van der Waals surface area contributed by atoms with Gasteiger partial charge < -0.3 is 14.2 Å². The molecule has 1 aliphatic heterocycles. The predicted molar refractivity (Wildman–Crippen MR) is 61.9 cm³/mol. The van der Waals surface area contributed by atoms with Crippen LogP contribution in [0.4, 0.5) is 0 Å². The normalized spacial score (nSPS) is 17.9. The number of hydrogen-bond donors (Lipinski definition) is 0. The Hall–Kier alpha value is -1.06. The summed E-state index contributed by atoms with van der Waals surface area (Å²) in [6.45, 7) is 3.40. The van der Waals surface area contributed by atoms with Crippen LogP contribution in [0.3, 0.4) is 0 Å². The fourth-order valence-corrected chi connectivity index (χ4v) is 2.03. The average Bonchev–Trinajstić information content (AvgIpc) is 2.28. The van der Waals surface area contributed by atoms with Gasteiger partial charge in [-0.2, -0.15) is 0 Å². The van der Waals surface area contributed by atoms with Crippen molar-refractivity contribution in [3.63, 3.8) is 0 Å². The van der Waals surface area contributed by atoms with E-state index in [0.717, 1.165) is 12.2 Å². The molecule has 0 spiro atoms. The molecule has 0 amide bonds. The molecule has 0 bridgehead atoms.